The molecule has 2 heterocycles. The standard InChI is InChI=1S/C18H22N2OS/c21-18(15-8-3-1-4-9-15)19-14-16(17-10-7-13-22-17)20-11-5-2-6-12-20/h1,3-4,7-10,13,16H,2,5-6,11-12,14H2,(H,19,21). The van der Waals surface area contributed by atoms with Crippen LogP contribution in [-0.4, -0.2) is 30.4 Å². The van der Waals surface area contributed by atoms with Crippen LogP contribution < -0.4 is 5.32 Å². The zero-order valence-electron chi connectivity index (χ0n) is 12.7. The van der Waals surface area contributed by atoms with Gasteiger partial charge in [-0.15, -0.1) is 11.3 Å². The van der Waals surface area contributed by atoms with E-state index in [9.17, 15) is 4.79 Å². The highest BCUT2D eigenvalue weighted by Crippen LogP contribution is 2.27. The van der Waals surface area contributed by atoms with Gasteiger partial charge in [-0.25, -0.2) is 0 Å². The van der Waals surface area contributed by atoms with Gasteiger partial charge >= 0.3 is 0 Å². The Bertz CT molecular complexity index is 576. The number of hydrogen-bond acceptors (Lipinski definition) is 3. The van der Waals surface area contributed by atoms with Gasteiger partial charge in [-0.3, -0.25) is 9.69 Å². The molecule has 1 amide bonds. The van der Waals surface area contributed by atoms with Gasteiger partial charge in [0.1, 0.15) is 0 Å². The van der Waals surface area contributed by atoms with Crippen LogP contribution in [0.2, 0.25) is 0 Å². The Hall–Kier alpha value is -1.65. The summed E-state index contributed by atoms with van der Waals surface area (Å²) in [4.78, 5) is 16.1. The summed E-state index contributed by atoms with van der Waals surface area (Å²) in [6.07, 6.45) is 3.84. The second-order valence-electron chi connectivity index (χ2n) is 5.70. The zero-order chi connectivity index (χ0) is 15.2. The largest absolute Gasteiger partial charge is 0.350 e. The van der Waals surface area contributed by atoms with Gasteiger partial charge in [-0.2, -0.15) is 0 Å². The molecular formula is C18H22N2OS. The Morgan fingerprint density at radius 3 is 2.55 bits per heavy atom. The van der Waals surface area contributed by atoms with E-state index in [1.54, 1.807) is 11.3 Å². The molecule has 0 saturated carbocycles. The van der Waals surface area contributed by atoms with Crippen LogP contribution in [-0.2, 0) is 0 Å². The van der Waals surface area contributed by atoms with Crippen molar-refractivity contribution in [3.63, 3.8) is 0 Å². The van der Waals surface area contributed by atoms with E-state index in [4.69, 9.17) is 0 Å². The molecule has 1 saturated heterocycles. The second kappa shape index (κ2) is 7.56. The molecule has 1 atom stereocenters. The third-order valence-electron chi connectivity index (χ3n) is 4.19. The SMILES string of the molecule is O=C(NCC(c1cccs1)N1CCCCC1)c1ccccc1. The lowest BCUT2D eigenvalue weighted by molar-refractivity contribution is 0.0925. The van der Waals surface area contributed by atoms with E-state index >= 15 is 0 Å². The molecule has 1 aliphatic heterocycles. The molecule has 3 rings (SSSR count). The van der Waals surface area contributed by atoms with Crippen LogP contribution in [0.25, 0.3) is 0 Å². The first-order chi connectivity index (χ1) is 10.8. The first-order valence-corrected chi connectivity index (χ1v) is 8.83. The van der Waals surface area contributed by atoms with Crippen molar-refractivity contribution >= 4 is 17.2 Å². The van der Waals surface area contributed by atoms with E-state index in [0.29, 0.717) is 12.6 Å². The Balaban J connectivity index is 1.66. The van der Waals surface area contributed by atoms with E-state index in [-0.39, 0.29) is 5.91 Å². The normalized spacial score (nSPS) is 17.1. The maximum absolute atomic E-state index is 12.3. The molecule has 0 aliphatic carbocycles. The second-order valence-corrected chi connectivity index (χ2v) is 6.68. The number of nitrogens with zero attached hydrogens (tertiary/aromatic N) is 1. The Morgan fingerprint density at radius 1 is 1.09 bits per heavy atom. The van der Waals surface area contributed by atoms with Crippen molar-refractivity contribution in [1.29, 1.82) is 0 Å². The Morgan fingerprint density at radius 2 is 1.86 bits per heavy atom. The van der Waals surface area contributed by atoms with Gasteiger partial charge in [-0.1, -0.05) is 30.7 Å². The molecule has 1 fully saturated rings. The molecule has 1 N–H and O–H groups in total. The fraction of sp³-hybridized carbons (Fsp3) is 0.389. The van der Waals surface area contributed by atoms with Crippen LogP contribution >= 0.6 is 11.3 Å². The molecule has 0 radical (unpaired) electrons. The van der Waals surface area contributed by atoms with E-state index < -0.39 is 0 Å². The molecule has 0 bridgehead atoms. The number of likely N-dealkylation sites (tertiary alicyclic amines) is 1. The smallest absolute Gasteiger partial charge is 0.251 e. The van der Waals surface area contributed by atoms with E-state index in [2.05, 4.69) is 27.7 Å². The molecule has 0 spiro atoms. The highest BCUT2D eigenvalue weighted by molar-refractivity contribution is 7.10. The number of carbonyl (C=O) groups excluding carboxylic acids is 1. The number of thiophene rings is 1. The number of amides is 1. The number of benzene rings is 1. The highest BCUT2D eigenvalue weighted by Gasteiger charge is 2.23. The summed E-state index contributed by atoms with van der Waals surface area (Å²) in [6.45, 7) is 2.93. The average molecular weight is 314 g/mol. The zero-order valence-corrected chi connectivity index (χ0v) is 13.5. The molecule has 1 aliphatic rings. The number of carbonyl (C=O) groups is 1. The lowest BCUT2D eigenvalue weighted by atomic mass is 10.1. The maximum atomic E-state index is 12.3. The minimum Gasteiger partial charge on any atom is -0.350 e. The van der Waals surface area contributed by atoms with Crippen molar-refractivity contribution in [3.8, 4) is 0 Å². The van der Waals surface area contributed by atoms with Gasteiger partial charge < -0.3 is 5.32 Å². The van der Waals surface area contributed by atoms with Crippen molar-refractivity contribution in [2.75, 3.05) is 19.6 Å². The van der Waals surface area contributed by atoms with Gasteiger partial charge in [0.05, 0.1) is 6.04 Å². The fourth-order valence-corrected chi connectivity index (χ4v) is 3.86. The van der Waals surface area contributed by atoms with Crippen LogP contribution in [0.15, 0.2) is 47.8 Å². The molecule has 4 heteroatoms. The van der Waals surface area contributed by atoms with Crippen molar-refractivity contribution in [3.05, 3.63) is 58.3 Å². The van der Waals surface area contributed by atoms with Crippen LogP contribution in [0.5, 0.6) is 0 Å². The van der Waals surface area contributed by atoms with E-state index in [1.165, 1.54) is 24.1 Å². The third kappa shape index (κ3) is 3.76. The summed E-state index contributed by atoms with van der Waals surface area (Å²) in [5.74, 6) is 0.0131. The lowest BCUT2D eigenvalue weighted by Gasteiger charge is -2.34. The maximum Gasteiger partial charge on any atom is 0.251 e. The lowest BCUT2D eigenvalue weighted by Crippen LogP contribution is -2.40. The van der Waals surface area contributed by atoms with Gasteiger partial charge in [-0.05, 0) is 49.5 Å². The predicted molar refractivity (Wildman–Crippen MR) is 91.3 cm³/mol. The topological polar surface area (TPSA) is 32.3 Å². The number of hydrogen-bond donors (Lipinski definition) is 1. The van der Waals surface area contributed by atoms with Gasteiger partial charge in [0.25, 0.3) is 5.91 Å². The number of nitrogens with one attached hydrogen (secondary N) is 1. The molecule has 2 aromatic rings. The summed E-state index contributed by atoms with van der Waals surface area (Å²) in [5.41, 5.74) is 0.728. The van der Waals surface area contributed by atoms with Crippen molar-refractivity contribution in [1.82, 2.24) is 10.2 Å². The molecule has 3 nitrogen and oxygen atoms in total. The third-order valence-corrected chi connectivity index (χ3v) is 5.17. The molecule has 1 unspecified atom stereocenters. The summed E-state index contributed by atoms with van der Waals surface area (Å²) in [5, 5.41) is 5.23. The van der Waals surface area contributed by atoms with Crippen LogP contribution in [0, 0.1) is 0 Å². The van der Waals surface area contributed by atoms with Crippen molar-refractivity contribution in [2.24, 2.45) is 0 Å². The first-order valence-electron chi connectivity index (χ1n) is 7.95. The molecule has 1 aromatic heterocycles. The van der Waals surface area contributed by atoms with Crippen LogP contribution in [0.1, 0.15) is 40.5 Å². The summed E-state index contributed by atoms with van der Waals surface area (Å²) in [6, 6.07) is 14.0. The Labute approximate surface area is 136 Å². The van der Waals surface area contributed by atoms with Gasteiger partial charge in [0, 0.05) is 17.0 Å². The number of rotatable bonds is 5. The van der Waals surface area contributed by atoms with Gasteiger partial charge in [0.15, 0.2) is 0 Å². The number of piperidine rings is 1. The van der Waals surface area contributed by atoms with Crippen LogP contribution in [0.3, 0.4) is 0 Å². The summed E-state index contributed by atoms with van der Waals surface area (Å²) < 4.78 is 0. The summed E-state index contributed by atoms with van der Waals surface area (Å²) >= 11 is 1.78. The first kappa shape index (κ1) is 15.3. The monoisotopic (exact) mass is 314 g/mol. The Kier molecular flexibility index (Phi) is 5.24. The minimum absolute atomic E-state index is 0.0131. The van der Waals surface area contributed by atoms with E-state index in [0.717, 1.165) is 18.7 Å². The molecule has 22 heavy (non-hydrogen) atoms. The molecular weight excluding hydrogens is 292 g/mol. The molecule has 116 valence electrons. The molecule has 1 aromatic carbocycles. The predicted octanol–water partition coefficient (Wildman–Crippen LogP) is 3.71. The fourth-order valence-electron chi connectivity index (χ4n) is 3.00. The summed E-state index contributed by atoms with van der Waals surface area (Å²) in [7, 11) is 0. The van der Waals surface area contributed by atoms with E-state index in [1.807, 2.05) is 30.3 Å². The van der Waals surface area contributed by atoms with Gasteiger partial charge in [0.2, 0.25) is 0 Å². The highest BCUT2D eigenvalue weighted by atomic mass is 32.1. The van der Waals surface area contributed by atoms with Crippen molar-refractivity contribution in [2.45, 2.75) is 25.3 Å². The minimum atomic E-state index is 0.0131. The average Bonchev–Trinajstić information content (AvgIpc) is 3.11. The quantitative estimate of drug-likeness (QED) is 0.912. The van der Waals surface area contributed by atoms with Crippen molar-refractivity contribution < 1.29 is 4.79 Å². The van der Waals surface area contributed by atoms with Crippen LogP contribution in [0.4, 0.5) is 0 Å².